The van der Waals surface area contributed by atoms with Crippen LogP contribution in [0, 0.1) is 0 Å². The highest BCUT2D eigenvalue weighted by molar-refractivity contribution is 5.40. The molecule has 3 rings (SSSR count). The summed E-state index contributed by atoms with van der Waals surface area (Å²) in [6.07, 6.45) is 0.509. The molecule has 1 heterocycles. The Bertz CT molecular complexity index is 670. The van der Waals surface area contributed by atoms with E-state index in [1.54, 1.807) is 0 Å². The highest BCUT2D eigenvalue weighted by Gasteiger charge is 2.15. The molecule has 0 spiro atoms. The largest absolute Gasteiger partial charge is 0.487 e. The quantitative estimate of drug-likeness (QED) is 0.786. The number of para-hydroxylation sites is 4. The molecule has 0 saturated heterocycles. The molecule has 0 radical (unpaired) electrons. The van der Waals surface area contributed by atoms with Crippen molar-refractivity contribution in [1.82, 2.24) is 0 Å². The fraction of sp³-hybridized carbons (Fsp3) is 0.455. The summed E-state index contributed by atoms with van der Waals surface area (Å²) in [7, 11) is 0. The molecule has 2 aromatic rings. The third-order valence-corrected chi connectivity index (χ3v) is 4.22. The van der Waals surface area contributed by atoms with Crippen LogP contribution in [0.5, 0.6) is 23.0 Å². The second kappa shape index (κ2) is 12.2. The summed E-state index contributed by atoms with van der Waals surface area (Å²) in [6, 6.07) is 15.1. The van der Waals surface area contributed by atoms with Crippen LogP contribution in [0.4, 0.5) is 0 Å². The number of nitrogens with two attached hydrogens (primary N) is 1. The Balaban J connectivity index is 1.71. The normalized spacial score (nSPS) is 16.3. The first kappa shape index (κ1) is 21.2. The highest BCUT2D eigenvalue weighted by Crippen LogP contribution is 2.28. The minimum absolute atomic E-state index is 0.265. The molecule has 158 valence electrons. The lowest BCUT2D eigenvalue weighted by Crippen LogP contribution is -2.30. The van der Waals surface area contributed by atoms with E-state index in [2.05, 4.69) is 0 Å². The van der Waals surface area contributed by atoms with Crippen molar-refractivity contribution in [3.05, 3.63) is 48.5 Å². The van der Waals surface area contributed by atoms with Gasteiger partial charge < -0.3 is 34.2 Å². The van der Waals surface area contributed by atoms with Crippen LogP contribution in [-0.2, 0) is 9.47 Å². The summed E-state index contributed by atoms with van der Waals surface area (Å²) in [5, 5.41) is 0. The van der Waals surface area contributed by atoms with Gasteiger partial charge in [-0.3, -0.25) is 0 Å². The Morgan fingerprint density at radius 3 is 1.69 bits per heavy atom. The summed E-state index contributed by atoms with van der Waals surface area (Å²) < 4.78 is 35.1. The van der Waals surface area contributed by atoms with Gasteiger partial charge in [-0.05, 0) is 37.2 Å². The summed E-state index contributed by atoms with van der Waals surface area (Å²) >= 11 is 0. The van der Waals surface area contributed by atoms with Crippen molar-refractivity contribution in [2.75, 3.05) is 52.8 Å². The Morgan fingerprint density at radius 1 is 0.724 bits per heavy atom. The standard InChI is InChI=1S/C22H29NO6/c23-10-5-11-25-18-16-28-21-8-3-1-6-19(21)26-14-12-24-13-15-27-20-7-2-4-9-22(20)29-17-18/h1-4,6-9,18H,5,10-17,23H2. The van der Waals surface area contributed by atoms with E-state index in [0.29, 0.717) is 75.8 Å². The molecule has 0 atom stereocenters. The van der Waals surface area contributed by atoms with E-state index in [0.717, 1.165) is 6.42 Å². The summed E-state index contributed by atoms with van der Waals surface area (Å²) in [5.74, 6) is 2.67. The maximum Gasteiger partial charge on any atom is 0.161 e. The maximum atomic E-state index is 5.99. The summed E-state index contributed by atoms with van der Waals surface area (Å²) in [5.41, 5.74) is 5.58. The van der Waals surface area contributed by atoms with Crippen molar-refractivity contribution >= 4 is 0 Å². The van der Waals surface area contributed by atoms with Gasteiger partial charge in [0.15, 0.2) is 23.0 Å². The summed E-state index contributed by atoms with van der Waals surface area (Å²) in [4.78, 5) is 0. The number of ether oxygens (including phenoxy) is 6. The van der Waals surface area contributed by atoms with E-state index >= 15 is 0 Å². The van der Waals surface area contributed by atoms with Crippen molar-refractivity contribution in [2.24, 2.45) is 5.73 Å². The maximum absolute atomic E-state index is 5.99. The first-order valence-electron chi connectivity index (χ1n) is 9.95. The van der Waals surface area contributed by atoms with Crippen LogP contribution >= 0.6 is 0 Å². The minimum atomic E-state index is -0.265. The van der Waals surface area contributed by atoms with Crippen molar-refractivity contribution in [2.45, 2.75) is 12.5 Å². The zero-order valence-electron chi connectivity index (χ0n) is 16.6. The van der Waals surface area contributed by atoms with Crippen LogP contribution in [0.3, 0.4) is 0 Å². The average molecular weight is 403 g/mol. The van der Waals surface area contributed by atoms with E-state index in [4.69, 9.17) is 34.2 Å². The van der Waals surface area contributed by atoms with Crippen molar-refractivity contribution in [3.8, 4) is 23.0 Å². The highest BCUT2D eigenvalue weighted by atomic mass is 16.6. The SMILES string of the molecule is NCCCOC1COc2ccccc2OCCOCCOc2ccccc2OC1. The second-order valence-corrected chi connectivity index (χ2v) is 6.46. The van der Waals surface area contributed by atoms with Crippen LogP contribution < -0.4 is 24.7 Å². The first-order valence-corrected chi connectivity index (χ1v) is 9.95. The Hall–Kier alpha value is -2.48. The van der Waals surface area contributed by atoms with Gasteiger partial charge >= 0.3 is 0 Å². The molecule has 2 N–H and O–H groups in total. The van der Waals surface area contributed by atoms with Crippen molar-refractivity contribution in [1.29, 1.82) is 0 Å². The Kier molecular flexibility index (Phi) is 8.90. The fourth-order valence-corrected chi connectivity index (χ4v) is 2.74. The van der Waals surface area contributed by atoms with Crippen molar-refractivity contribution < 1.29 is 28.4 Å². The van der Waals surface area contributed by atoms with Gasteiger partial charge in [0, 0.05) is 6.61 Å². The van der Waals surface area contributed by atoms with E-state index < -0.39 is 0 Å². The molecule has 0 aliphatic carbocycles. The molecule has 0 fully saturated rings. The zero-order valence-corrected chi connectivity index (χ0v) is 16.6. The van der Waals surface area contributed by atoms with E-state index in [9.17, 15) is 0 Å². The van der Waals surface area contributed by atoms with E-state index in [1.165, 1.54) is 0 Å². The zero-order chi connectivity index (χ0) is 20.2. The molecule has 0 saturated carbocycles. The molecular weight excluding hydrogens is 374 g/mol. The molecule has 7 nitrogen and oxygen atoms in total. The molecule has 29 heavy (non-hydrogen) atoms. The molecule has 0 unspecified atom stereocenters. The number of hydrogen-bond donors (Lipinski definition) is 1. The molecule has 0 amide bonds. The van der Waals surface area contributed by atoms with Gasteiger partial charge in [0.05, 0.1) is 13.2 Å². The van der Waals surface area contributed by atoms with Crippen LogP contribution in [0.2, 0.25) is 0 Å². The van der Waals surface area contributed by atoms with Crippen LogP contribution in [0.15, 0.2) is 48.5 Å². The average Bonchev–Trinajstić information content (AvgIpc) is 2.75. The van der Waals surface area contributed by atoms with Gasteiger partial charge in [0.1, 0.15) is 32.5 Å². The lowest BCUT2D eigenvalue weighted by atomic mass is 10.3. The first-order chi connectivity index (χ1) is 14.4. The van der Waals surface area contributed by atoms with Crippen LogP contribution in [0.1, 0.15) is 6.42 Å². The van der Waals surface area contributed by atoms with Gasteiger partial charge in [-0.1, -0.05) is 24.3 Å². The Morgan fingerprint density at radius 2 is 1.21 bits per heavy atom. The van der Waals surface area contributed by atoms with Crippen LogP contribution in [-0.4, -0.2) is 58.9 Å². The number of hydrogen-bond acceptors (Lipinski definition) is 7. The third kappa shape index (κ3) is 7.12. The Labute approximate surface area is 171 Å². The third-order valence-electron chi connectivity index (χ3n) is 4.22. The van der Waals surface area contributed by atoms with Crippen molar-refractivity contribution in [3.63, 3.8) is 0 Å². The van der Waals surface area contributed by atoms with Gasteiger partial charge in [-0.15, -0.1) is 0 Å². The number of fused-ring (bicyclic) bond motifs is 2. The monoisotopic (exact) mass is 403 g/mol. The number of rotatable bonds is 4. The lowest BCUT2D eigenvalue weighted by Gasteiger charge is -2.21. The molecule has 2 aromatic carbocycles. The van der Waals surface area contributed by atoms with E-state index in [-0.39, 0.29) is 6.10 Å². The summed E-state index contributed by atoms with van der Waals surface area (Å²) in [6.45, 7) is 3.54. The number of benzene rings is 2. The molecule has 0 aromatic heterocycles. The van der Waals surface area contributed by atoms with Gasteiger partial charge in [0.2, 0.25) is 0 Å². The van der Waals surface area contributed by atoms with E-state index in [1.807, 2.05) is 48.5 Å². The predicted molar refractivity (Wildman–Crippen MR) is 109 cm³/mol. The van der Waals surface area contributed by atoms with Gasteiger partial charge in [-0.25, -0.2) is 0 Å². The molecule has 7 heteroatoms. The minimum Gasteiger partial charge on any atom is -0.487 e. The smallest absolute Gasteiger partial charge is 0.161 e. The molecular formula is C22H29NO6. The topological polar surface area (TPSA) is 81.4 Å². The van der Waals surface area contributed by atoms with Gasteiger partial charge in [0.25, 0.3) is 0 Å². The van der Waals surface area contributed by atoms with Crippen LogP contribution in [0.25, 0.3) is 0 Å². The molecule has 1 aliphatic heterocycles. The predicted octanol–water partition coefficient (Wildman–Crippen LogP) is 2.67. The molecule has 1 aliphatic rings. The lowest BCUT2D eigenvalue weighted by molar-refractivity contribution is -0.00932. The second-order valence-electron chi connectivity index (χ2n) is 6.46. The fourth-order valence-electron chi connectivity index (χ4n) is 2.74. The van der Waals surface area contributed by atoms with Gasteiger partial charge in [-0.2, -0.15) is 0 Å². The molecule has 0 bridgehead atoms.